The van der Waals surface area contributed by atoms with Crippen molar-refractivity contribution in [3.63, 3.8) is 0 Å². The predicted octanol–water partition coefficient (Wildman–Crippen LogP) is 3.58. The third-order valence-corrected chi connectivity index (χ3v) is 2.97. The Labute approximate surface area is 115 Å². The van der Waals surface area contributed by atoms with Crippen LogP contribution in [0, 0.1) is 6.92 Å². The minimum absolute atomic E-state index is 0.0843. The molecule has 4 heteroatoms. The van der Waals surface area contributed by atoms with Crippen LogP contribution in [0.15, 0.2) is 42.5 Å². The first kappa shape index (κ1) is 13.3. The molecule has 0 atom stereocenters. The molecule has 0 amide bonds. The molecular weight excluding hydrogens is 264 g/mol. The van der Waals surface area contributed by atoms with Crippen LogP contribution in [0.1, 0.15) is 31.8 Å². The molecule has 0 aliphatic heterocycles. The molecule has 0 heterocycles. The summed E-state index contributed by atoms with van der Waals surface area (Å²) in [5.74, 6) is -1.49. The highest BCUT2D eigenvalue weighted by atomic mass is 35.5. The molecular formula is C15H11ClO3. The minimum Gasteiger partial charge on any atom is -0.478 e. The fourth-order valence-corrected chi connectivity index (χ4v) is 2.01. The zero-order valence-corrected chi connectivity index (χ0v) is 10.9. The van der Waals surface area contributed by atoms with Crippen LogP contribution in [0.5, 0.6) is 0 Å². The van der Waals surface area contributed by atoms with Gasteiger partial charge in [-0.1, -0.05) is 35.4 Å². The summed E-state index contributed by atoms with van der Waals surface area (Å²) in [5, 5.41) is 9.42. The molecule has 3 nitrogen and oxygen atoms in total. The Morgan fingerprint density at radius 3 is 2.42 bits per heavy atom. The van der Waals surface area contributed by atoms with E-state index in [2.05, 4.69) is 0 Å². The Morgan fingerprint density at radius 1 is 1.05 bits per heavy atom. The molecule has 0 aromatic heterocycles. The number of carboxylic acid groups (broad SMARTS) is 1. The lowest BCUT2D eigenvalue weighted by atomic mass is 9.97. The quantitative estimate of drug-likeness (QED) is 0.871. The summed E-state index contributed by atoms with van der Waals surface area (Å²) in [6.45, 7) is 1.87. The molecule has 19 heavy (non-hydrogen) atoms. The summed E-state index contributed by atoms with van der Waals surface area (Å²) in [7, 11) is 0. The Hall–Kier alpha value is -2.13. The molecule has 0 bridgehead atoms. The molecule has 0 spiro atoms. The van der Waals surface area contributed by atoms with Gasteiger partial charge in [-0.25, -0.2) is 4.79 Å². The lowest BCUT2D eigenvalue weighted by Gasteiger charge is -2.06. The van der Waals surface area contributed by atoms with Gasteiger partial charge in [-0.2, -0.15) is 0 Å². The molecule has 1 N–H and O–H groups in total. The second-order valence-electron chi connectivity index (χ2n) is 4.19. The summed E-state index contributed by atoms with van der Waals surface area (Å²) in [6, 6.07) is 11.3. The van der Waals surface area contributed by atoms with Crippen LogP contribution in [0.2, 0.25) is 5.02 Å². The first-order valence-electron chi connectivity index (χ1n) is 5.63. The number of carboxylic acids is 1. The summed E-state index contributed by atoms with van der Waals surface area (Å²) in [5.41, 5.74) is 1.46. The Morgan fingerprint density at radius 2 is 1.79 bits per heavy atom. The van der Waals surface area contributed by atoms with Gasteiger partial charge in [0.05, 0.1) is 5.56 Å². The minimum atomic E-state index is -1.17. The molecule has 0 unspecified atom stereocenters. The number of rotatable bonds is 3. The van der Waals surface area contributed by atoms with Gasteiger partial charge in [0.2, 0.25) is 0 Å². The van der Waals surface area contributed by atoms with Gasteiger partial charge in [-0.3, -0.25) is 4.79 Å². The summed E-state index contributed by atoms with van der Waals surface area (Å²) in [4.78, 5) is 23.5. The first-order chi connectivity index (χ1) is 8.99. The molecule has 2 aromatic rings. The number of benzene rings is 2. The monoisotopic (exact) mass is 274 g/mol. The van der Waals surface area contributed by atoms with E-state index in [0.717, 1.165) is 5.56 Å². The highest BCUT2D eigenvalue weighted by Gasteiger charge is 2.18. The van der Waals surface area contributed by atoms with E-state index in [1.807, 2.05) is 13.0 Å². The lowest BCUT2D eigenvalue weighted by Crippen LogP contribution is -2.09. The van der Waals surface area contributed by atoms with Crippen LogP contribution in [0.25, 0.3) is 0 Å². The SMILES string of the molecule is Cc1cccc(C(=O)c2ccc(Cl)cc2C(=O)O)c1. The van der Waals surface area contributed by atoms with Crippen molar-refractivity contribution in [3.05, 3.63) is 69.7 Å². The molecule has 0 saturated heterocycles. The molecule has 0 radical (unpaired) electrons. The Kier molecular flexibility index (Phi) is 3.67. The second-order valence-corrected chi connectivity index (χ2v) is 4.63. The largest absolute Gasteiger partial charge is 0.478 e. The van der Waals surface area contributed by atoms with E-state index in [4.69, 9.17) is 16.7 Å². The summed E-state index contributed by atoms with van der Waals surface area (Å²) in [6.07, 6.45) is 0. The fourth-order valence-electron chi connectivity index (χ4n) is 1.83. The van der Waals surface area contributed by atoms with Crippen LogP contribution in [0.4, 0.5) is 0 Å². The van der Waals surface area contributed by atoms with E-state index in [1.165, 1.54) is 18.2 Å². The van der Waals surface area contributed by atoms with Crippen LogP contribution in [-0.2, 0) is 0 Å². The van der Waals surface area contributed by atoms with Crippen LogP contribution < -0.4 is 0 Å². The van der Waals surface area contributed by atoms with Crippen molar-refractivity contribution in [2.45, 2.75) is 6.92 Å². The zero-order chi connectivity index (χ0) is 14.0. The third-order valence-electron chi connectivity index (χ3n) is 2.74. The van der Waals surface area contributed by atoms with Gasteiger partial charge in [0.25, 0.3) is 0 Å². The van der Waals surface area contributed by atoms with Crippen molar-refractivity contribution in [1.82, 2.24) is 0 Å². The van der Waals surface area contributed by atoms with Crippen molar-refractivity contribution >= 4 is 23.4 Å². The van der Waals surface area contributed by atoms with E-state index in [-0.39, 0.29) is 21.9 Å². The number of halogens is 1. The zero-order valence-electron chi connectivity index (χ0n) is 10.2. The van der Waals surface area contributed by atoms with Gasteiger partial charge < -0.3 is 5.11 Å². The Balaban J connectivity index is 2.53. The van der Waals surface area contributed by atoms with Crippen LogP contribution in [0.3, 0.4) is 0 Å². The van der Waals surface area contributed by atoms with E-state index in [9.17, 15) is 9.59 Å². The predicted molar refractivity (Wildman–Crippen MR) is 73.0 cm³/mol. The normalized spacial score (nSPS) is 10.2. The molecule has 2 aromatic carbocycles. The van der Waals surface area contributed by atoms with Crippen LogP contribution in [-0.4, -0.2) is 16.9 Å². The first-order valence-corrected chi connectivity index (χ1v) is 6.01. The topological polar surface area (TPSA) is 54.4 Å². The third kappa shape index (κ3) is 2.83. The van der Waals surface area contributed by atoms with Crippen molar-refractivity contribution < 1.29 is 14.7 Å². The van der Waals surface area contributed by atoms with E-state index in [0.29, 0.717) is 5.56 Å². The molecule has 0 aliphatic carbocycles. The van der Waals surface area contributed by atoms with Gasteiger partial charge in [0.15, 0.2) is 5.78 Å². The van der Waals surface area contributed by atoms with E-state index >= 15 is 0 Å². The number of hydrogen-bond acceptors (Lipinski definition) is 2. The van der Waals surface area contributed by atoms with Crippen LogP contribution >= 0.6 is 11.6 Å². The molecule has 96 valence electrons. The number of hydrogen-bond donors (Lipinski definition) is 1. The standard InChI is InChI=1S/C15H11ClO3/c1-9-3-2-4-10(7-9)14(17)12-6-5-11(16)8-13(12)15(18)19/h2-8H,1H3,(H,18,19). The van der Waals surface area contributed by atoms with Gasteiger partial charge in [-0.05, 0) is 31.2 Å². The summed E-state index contributed by atoms with van der Waals surface area (Å²) >= 11 is 5.76. The van der Waals surface area contributed by atoms with Crippen molar-refractivity contribution in [3.8, 4) is 0 Å². The van der Waals surface area contributed by atoms with E-state index in [1.54, 1.807) is 18.2 Å². The van der Waals surface area contributed by atoms with Gasteiger partial charge in [0.1, 0.15) is 0 Å². The number of carbonyl (C=O) groups is 2. The molecule has 0 aliphatic rings. The van der Waals surface area contributed by atoms with Crippen molar-refractivity contribution in [1.29, 1.82) is 0 Å². The molecule has 0 saturated carbocycles. The maximum absolute atomic E-state index is 12.3. The van der Waals surface area contributed by atoms with Gasteiger partial charge >= 0.3 is 5.97 Å². The molecule has 0 fully saturated rings. The van der Waals surface area contributed by atoms with Crippen molar-refractivity contribution in [2.75, 3.05) is 0 Å². The summed E-state index contributed by atoms with van der Waals surface area (Å²) < 4.78 is 0. The smallest absolute Gasteiger partial charge is 0.336 e. The van der Waals surface area contributed by atoms with Gasteiger partial charge in [0, 0.05) is 16.1 Å². The average Bonchev–Trinajstić information content (AvgIpc) is 2.37. The lowest BCUT2D eigenvalue weighted by molar-refractivity contribution is 0.0693. The van der Waals surface area contributed by atoms with E-state index < -0.39 is 5.97 Å². The maximum Gasteiger partial charge on any atom is 0.336 e. The van der Waals surface area contributed by atoms with Crippen molar-refractivity contribution in [2.24, 2.45) is 0 Å². The number of carbonyl (C=O) groups excluding carboxylic acids is 1. The highest BCUT2D eigenvalue weighted by molar-refractivity contribution is 6.31. The maximum atomic E-state index is 12.3. The number of aromatic carboxylic acids is 1. The number of ketones is 1. The molecule has 2 rings (SSSR count). The highest BCUT2D eigenvalue weighted by Crippen LogP contribution is 2.20. The van der Waals surface area contributed by atoms with Gasteiger partial charge in [-0.15, -0.1) is 0 Å². The number of aryl methyl sites for hydroxylation is 1. The fraction of sp³-hybridized carbons (Fsp3) is 0.0667. The second kappa shape index (κ2) is 5.24. The Bertz CT molecular complexity index is 662. The average molecular weight is 275 g/mol.